The van der Waals surface area contributed by atoms with Crippen molar-refractivity contribution in [2.45, 2.75) is 12.1 Å². The number of hydrogen-bond donors (Lipinski definition) is 0. The summed E-state index contributed by atoms with van der Waals surface area (Å²) in [6.45, 7) is 2.52. The summed E-state index contributed by atoms with van der Waals surface area (Å²) in [4.78, 5) is 12.1. The van der Waals surface area contributed by atoms with Crippen LogP contribution in [0.4, 0.5) is 4.39 Å². The third-order valence-electron chi connectivity index (χ3n) is 3.31. The van der Waals surface area contributed by atoms with E-state index in [9.17, 15) is 9.18 Å². The lowest BCUT2D eigenvalue weighted by atomic mass is 10.1. The first kappa shape index (κ1) is 17.2. The maximum atomic E-state index is 12.9. The molecule has 0 unspecified atom stereocenters. The number of ketones is 1. The average molecular weight is 358 g/mol. The smallest absolute Gasteiger partial charge is 0.277 e. The quantitative estimate of drug-likeness (QED) is 0.465. The van der Waals surface area contributed by atoms with Gasteiger partial charge in [-0.15, -0.1) is 10.2 Å². The van der Waals surface area contributed by atoms with E-state index in [4.69, 9.17) is 9.15 Å². The molecule has 0 spiro atoms. The molecular formula is C18H15FN2O3S. The molecule has 0 aliphatic rings. The van der Waals surface area contributed by atoms with E-state index in [0.717, 1.165) is 23.1 Å². The van der Waals surface area contributed by atoms with E-state index in [1.165, 1.54) is 24.3 Å². The lowest BCUT2D eigenvalue weighted by Gasteiger charge is -2.02. The second kappa shape index (κ2) is 7.94. The summed E-state index contributed by atoms with van der Waals surface area (Å²) in [5.41, 5.74) is 1.22. The molecule has 1 aromatic heterocycles. The second-order valence-corrected chi connectivity index (χ2v) is 5.98. The highest BCUT2D eigenvalue weighted by atomic mass is 32.2. The third-order valence-corrected chi connectivity index (χ3v) is 4.13. The number of ether oxygens (including phenoxy) is 1. The van der Waals surface area contributed by atoms with Crippen LogP contribution < -0.4 is 4.74 Å². The molecule has 0 bridgehead atoms. The Hall–Kier alpha value is -2.67. The van der Waals surface area contributed by atoms with Crippen LogP contribution in [0.25, 0.3) is 11.5 Å². The van der Waals surface area contributed by atoms with E-state index in [-0.39, 0.29) is 17.4 Å². The summed E-state index contributed by atoms with van der Waals surface area (Å²) in [5, 5.41) is 8.22. The molecule has 7 heteroatoms. The SMILES string of the molecule is CCOc1ccc(-c2nnc(SCC(=O)c3ccc(F)cc3)o2)cc1. The van der Waals surface area contributed by atoms with Crippen LogP contribution in [-0.2, 0) is 0 Å². The molecule has 0 saturated carbocycles. The number of nitrogens with zero attached hydrogens (tertiary/aromatic N) is 2. The normalized spacial score (nSPS) is 10.6. The van der Waals surface area contributed by atoms with Gasteiger partial charge in [-0.25, -0.2) is 4.39 Å². The lowest BCUT2D eigenvalue weighted by Crippen LogP contribution is -2.02. The van der Waals surface area contributed by atoms with Crippen LogP contribution in [0.5, 0.6) is 5.75 Å². The van der Waals surface area contributed by atoms with Crippen LogP contribution in [-0.4, -0.2) is 28.3 Å². The highest BCUT2D eigenvalue weighted by Gasteiger charge is 2.12. The average Bonchev–Trinajstić information content (AvgIpc) is 3.10. The molecule has 3 aromatic rings. The van der Waals surface area contributed by atoms with Crippen molar-refractivity contribution < 1.29 is 18.3 Å². The zero-order valence-electron chi connectivity index (χ0n) is 13.4. The first-order valence-electron chi connectivity index (χ1n) is 7.64. The number of hydrogen-bond acceptors (Lipinski definition) is 6. The van der Waals surface area contributed by atoms with Gasteiger partial charge in [0, 0.05) is 11.1 Å². The predicted molar refractivity (Wildman–Crippen MR) is 92.4 cm³/mol. The number of benzene rings is 2. The second-order valence-electron chi connectivity index (χ2n) is 5.05. The summed E-state index contributed by atoms with van der Waals surface area (Å²) < 4.78 is 23.8. The Morgan fingerprint density at radius 1 is 1.12 bits per heavy atom. The number of halogens is 1. The number of Topliss-reactive ketones (excluding diaryl/α,β-unsaturated/α-hetero) is 1. The molecular weight excluding hydrogens is 343 g/mol. The van der Waals surface area contributed by atoms with Crippen LogP contribution in [0.2, 0.25) is 0 Å². The summed E-state index contributed by atoms with van der Waals surface area (Å²) in [6.07, 6.45) is 0. The topological polar surface area (TPSA) is 65.2 Å². The maximum Gasteiger partial charge on any atom is 0.277 e. The minimum Gasteiger partial charge on any atom is -0.494 e. The highest BCUT2D eigenvalue weighted by Crippen LogP contribution is 2.25. The highest BCUT2D eigenvalue weighted by molar-refractivity contribution is 7.99. The van der Waals surface area contributed by atoms with E-state index >= 15 is 0 Å². The van der Waals surface area contributed by atoms with Crippen LogP contribution in [0.3, 0.4) is 0 Å². The number of aromatic nitrogens is 2. The summed E-state index contributed by atoms with van der Waals surface area (Å²) in [7, 11) is 0. The minimum absolute atomic E-state index is 0.134. The van der Waals surface area contributed by atoms with Crippen LogP contribution in [0.1, 0.15) is 17.3 Å². The summed E-state index contributed by atoms with van der Waals surface area (Å²) in [5.74, 6) is 0.772. The van der Waals surface area contributed by atoms with Gasteiger partial charge in [-0.3, -0.25) is 4.79 Å². The van der Waals surface area contributed by atoms with Crippen LogP contribution in [0.15, 0.2) is 58.2 Å². The standard InChI is InChI=1S/C18H15FN2O3S/c1-2-23-15-9-5-13(6-10-15)17-20-21-18(24-17)25-11-16(22)12-3-7-14(19)8-4-12/h3-10H,2,11H2,1H3. The van der Waals surface area contributed by atoms with Gasteiger partial charge < -0.3 is 9.15 Å². The molecule has 0 saturated heterocycles. The molecule has 0 N–H and O–H groups in total. The van der Waals surface area contributed by atoms with E-state index in [1.807, 2.05) is 31.2 Å². The molecule has 0 fully saturated rings. The van der Waals surface area contributed by atoms with Crippen molar-refractivity contribution in [2.24, 2.45) is 0 Å². The number of carbonyl (C=O) groups excluding carboxylic acids is 1. The van der Waals surface area contributed by atoms with Crippen molar-refractivity contribution in [3.63, 3.8) is 0 Å². The van der Waals surface area contributed by atoms with Crippen molar-refractivity contribution in [1.29, 1.82) is 0 Å². The Bertz CT molecular complexity index is 848. The molecule has 0 radical (unpaired) electrons. The van der Waals surface area contributed by atoms with E-state index in [1.54, 1.807) is 0 Å². The maximum absolute atomic E-state index is 12.9. The molecule has 3 rings (SSSR count). The van der Waals surface area contributed by atoms with Gasteiger partial charge in [-0.2, -0.15) is 0 Å². The van der Waals surface area contributed by atoms with Crippen molar-refractivity contribution in [2.75, 3.05) is 12.4 Å². The van der Waals surface area contributed by atoms with Gasteiger partial charge in [0.25, 0.3) is 5.22 Å². The van der Waals surface area contributed by atoms with Gasteiger partial charge >= 0.3 is 0 Å². The Morgan fingerprint density at radius 2 is 1.84 bits per heavy atom. The molecule has 0 aliphatic carbocycles. The Labute approximate surface area is 148 Å². The van der Waals surface area contributed by atoms with Gasteiger partial charge in [0.2, 0.25) is 5.89 Å². The van der Waals surface area contributed by atoms with Crippen molar-refractivity contribution >= 4 is 17.5 Å². The molecule has 0 aliphatic heterocycles. The van der Waals surface area contributed by atoms with Crippen molar-refractivity contribution in [3.8, 4) is 17.2 Å². The molecule has 0 amide bonds. The molecule has 128 valence electrons. The third kappa shape index (κ3) is 4.45. The van der Waals surface area contributed by atoms with E-state index < -0.39 is 0 Å². The number of carbonyl (C=O) groups is 1. The largest absolute Gasteiger partial charge is 0.494 e. The molecule has 25 heavy (non-hydrogen) atoms. The fourth-order valence-electron chi connectivity index (χ4n) is 2.09. The van der Waals surface area contributed by atoms with Gasteiger partial charge in [0.15, 0.2) is 5.78 Å². The summed E-state index contributed by atoms with van der Waals surface area (Å²) >= 11 is 1.15. The number of thioether (sulfide) groups is 1. The molecule has 0 atom stereocenters. The predicted octanol–water partition coefficient (Wildman–Crippen LogP) is 4.25. The van der Waals surface area contributed by atoms with Crippen molar-refractivity contribution in [3.05, 3.63) is 59.9 Å². The zero-order valence-corrected chi connectivity index (χ0v) is 14.3. The molecule has 1 heterocycles. The lowest BCUT2D eigenvalue weighted by molar-refractivity contribution is 0.102. The fourth-order valence-corrected chi connectivity index (χ4v) is 2.75. The van der Waals surface area contributed by atoms with Gasteiger partial charge in [0.1, 0.15) is 11.6 Å². The Morgan fingerprint density at radius 3 is 2.52 bits per heavy atom. The van der Waals surface area contributed by atoms with Gasteiger partial charge in [0.05, 0.1) is 12.4 Å². The van der Waals surface area contributed by atoms with Crippen LogP contribution >= 0.6 is 11.8 Å². The molecule has 5 nitrogen and oxygen atoms in total. The summed E-state index contributed by atoms with van der Waals surface area (Å²) in [6, 6.07) is 12.7. The first-order valence-corrected chi connectivity index (χ1v) is 8.62. The minimum atomic E-state index is -0.374. The Balaban J connectivity index is 1.61. The van der Waals surface area contributed by atoms with Crippen molar-refractivity contribution in [1.82, 2.24) is 10.2 Å². The van der Waals surface area contributed by atoms with Gasteiger partial charge in [-0.1, -0.05) is 11.8 Å². The van der Waals surface area contributed by atoms with E-state index in [2.05, 4.69) is 10.2 Å². The van der Waals surface area contributed by atoms with E-state index in [0.29, 0.717) is 23.3 Å². The fraction of sp³-hybridized carbons (Fsp3) is 0.167. The molecule has 2 aromatic carbocycles. The van der Waals surface area contributed by atoms with Gasteiger partial charge in [-0.05, 0) is 55.5 Å². The Kier molecular flexibility index (Phi) is 5.45. The number of rotatable bonds is 7. The zero-order chi connectivity index (χ0) is 17.6. The van der Waals surface area contributed by atoms with Crippen LogP contribution in [0, 0.1) is 5.82 Å². The first-order chi connectivity index (χ1) is 12.2. The monoisotopic (exact) mass is 358 g/mol.